The summed E-state index contributed by atoms with van der Waals surface area (Å²) in [5.74, 6) is 2.04. The largest absolute Gasteiger partial charge is 0.416 e. The Labute approximate surface area is 258 Å². The molecule has 3 aromatic rings. The highest BCUT2D eigenvalue weighted by Crippen LogP contribution is 2.42. The first kappa shape index (κ1) is 31.1. The maximum absolute atomic E-state index is 13.7. The molecule has 0 amide bonds. The summed E-state index contributed by atoms with van der Waals surface area (Å²) in [6.45, 7) is 5.82. The van der Waals surface area contributed by atoms with Crippen LogP contribution in [-0.2, 0) is 37.3 Å². The van der Waals surface area contributed by atoms with Crippen molar-refractivity contribution in [3.05, 3.63) is 75.7 Å². The highest BCUT2D eigenvalue weighted by Gasteiger charge is 2.38. The van der Waals surface area contributed by atoms with E-state index in [4.69, 9.17) is 4.98 Å². The monoisotopic (exact) mass is 628 g/mol. The molecule has 0 N–H and O–H groups in total. The fourth-order valence-electron chi connectivity index (χ4n) is 6.07. The Morgan fingerprint density at radius 2 is 1.42 bits per heavy atom. The number of halogens is 6. The molecule has 0 atom stereocenters. The summed E-state index contributed by atoms with van der Waals surface area (Å²) in [6.07, 6.45) is -1.02. The number of nitriles is 1. The molecule has 0 saturated heterocycles. The lowest BCUT2D eigenvalue weighted by Gasteiger charge is -2.31. The van der Waals surface area contributed by atoms with E-state index in [1.807, 2.05) is 6.07 Å². The Bertz CT molecular complexity index is 1550. The molecule has 12 heteroatoms. The fourth-order valence-corrected chi connectivity index (χ4v) is 6.07. The van der Waals surface area contributed by atoms with E-state index in [1.54, 1.807) is 4.90 Å². The van der Waals surface area contributed by atoms with E-state index in [2.05, 4.69) is 34.8 Å². The summed E-state index contributed by atoms with van der Waals surface area (Å²) >= 11 is 0. The van der Waals surface area contributed by atoms with Gasteiger partial charge in [-0.1, -0.05) is 13.8 Å². The first-order valence-electron chi connectivity index (χ1n) is 15.2. The highest BCUT2D eigenvalue weighted by molar-refractivity contribution is 5.55. The third-order valence-corrected chi connectivity index (χ3v) is 8.90. The minimum atomic E-state index is -4.97. The summed E-state index contributed by atoms with van der Waals surface area (Å²) in [6, 6.07) is 5.65. The number of pyridine rings is 1. The van der Waals surface area contributed by atoms with Gasteiger partial charge in [0.25, 0.3) is 0 Å². The summed E-state index contributed by atoms with van der Waals surface area (Å²) in [7, 11) is 0. The van der Waals surface area contributed by atoms with E-state index in [-0.39, 0.29) is 41.6 Å². The van der Waals surface area contributed by atoms with Crippen LogP contribution in [-0.4, -0.2) is 28.0 Å². The van der Waals surface area contributed by atoms with Gasteiger partial charge >= 0.3 is 12.4 Å². The van der Waals surface area contributed by atoms with Gasteiger partial charge in [-0.25, -0.2) is 15.0 Å². The average Bonchev–Trinajstić information content (AvgIpc) is 3.92. The van der Waals surface area contributed by atoms with Crippen LogP contribution in [0, 0.1) is 23.2 Å². The van der Waals surface area contributed by atoms with Crippen LogP contribution in [0.25, 0.3) is 0 Å². The van der Waals surface area contributed by atoms with Crippen LogP contribution in [0.2, 0.25) is 0 Å². The molecule has 45 heavy (non-hydrogen) atoms. The summed E-state index contributed by atoms with van der Waals surface area (Å²) in [5, 5.41) is 9.26. The molecule has 1 aromatic carbocycles. The minimum absolute atomic E-state index is 0.0858. The molecular formula is C33H34F6N6. The predicted octanol–water partition coefficient (Wildman–Crippen LogP) is 7.84. The van der Waals surface area contributed by atoms with Crippen molar-refractivity contribution in [2.75, 3.05) is 22.9 Å². The smallest absolute Gasteiger partial charge is 0.356 e. The Balaban J connectivity index is 1.44. The molecule has 2 fully saturated rings. The van der Waals surface area contributed by atoms with Crippen LogP contribution < -0.4 is 9.80 Å². The van der Waals surface area contributed by atoms with Crippen LogP contribution in [0.3, 0.4) is 0 Å². The molecule has 3 aliphatic rings. The quantitative estimate of drug-likeness (QED) is 0.213. The van der Waals surface area contributed by atoms with Crippen molar-refractivity contribution >= 4 is 11.8 Å². The first-order valence-corrected chi connectivity index (χ1v) is 15.2. The normalized spacial score (nSPS) is 17.6. The molecule has 3 aliphatic carbocycles. The van der Waals surface area contributed by atoms with Crippen LogP contribution in [0.5, 0.6) is 0 Å². The molecule has 0 aliphatic heterocycles. The van der Waals surface area contributed by atoms with Crippen LogP contribution >= 0.6 is 0 Å². The molecule has 0 unspecified atom stereocenters. The van der Waals surface area contributed by atoms with Crippen molar-refractivity contribution in [1.29, 1.82) is 5.26 Å². The van der Waals surface area contributed by atoms with Gasteiger partial charge in [0.15, 0.2) is 0 Å². The molecule has 6 nitrogen and oxygen atoms in total. The van der Waals surface area contributed by atoms with Crippen molar-refractivity contribution < 1.29 is 26.3 Å². The highest BCUT2D eigenvalue weighted by atomic mass is 19.4. The standard InChI is InChI=1S/C33H34F6N6/c1-31(2)8-7-24-11-25(29(43-28(24)31)44(16-20-3-4-20)17-21-5-6-21)19-45(30-41-14-23(13-40)15-42-30)18-22-9-26(32(34,35)36)12-27(10-22)33(37,38)39/h9-12,14-15,20-21H,3-8,16-19H2,1-2H3. The van der Waals surface area contributed by atoms with Crippen LogP contribution in [0.4, 0.5) is 38.1 Å². The lowest BCUT2D eigenvalue weighted by Crippen LogP contribution is -2.33. The van der Waals surface area contributed by atoms with Gasteiger partial charge in [-0.2, -0.15) is 31.6 Å². The number of hydrogen-bond donors (Lipinski definition) is 0. The number of aromatic nitrogens is 3. The van der Waals surface area contributed by atoms with Gasteiger partial charge in [-0.05, 0) is 85.8 Å². The Kier molecular flexibility index (Phi) is 7.94. The number of nitrogens with zero attached hydrogens (tertiary/aromatic N) is 6. The van der Waals surface area contributed by atoms with Gasteiger partial charge in [0.1, 0.15) is 11.9 Å². The van der Waals surface area contributed by atoms with E-state index in [9.17, 15) is 31.6 Å². The second-order valence-electron chi connectivity index (χ2n) is 13.3. The van der Waals surface area contributed by atoms with E-state index in [0.717, 1.165) is 86.4 Å². The van der Waals surface area contributed by atoms with Gasteiger partial charge in [0.2, 0.25) is 5.95 Å². The van der Waals surface area contributed by atoms with Gasteiger partial charge in [0, 0.05) is 37.2 Å². The predicted molar refractivity (Wildman–Crippen MR) is 156 cm³/mol. The van der Waals surface area contributed by atoms with Crippen molar-refractivity contribution in [3.63, 3.8) is 0 Å². The number of hydrogen-bond acceptors (Lipinski definition) is 6. The molecule has 2 aromatic heterocycles. The second kappa shape index (κ2) is 11.5. The van der Waals surface area contributed by atoms with Crippen LogP contribution in [0.15, 0.2) is 36.7 Å². The van der Waals surface area contributed by atoms with Gasteiger partial charge in [-0.3, -0.25) is 0 Å². The molecular weight excluding hydrogens is 594 g/mol. The Morgan fingerprint density at radius 1 is 0.844 bits per heavy atom. The van der Waals surface area contributed by atoms with Crippen molar-refractivity contribution in [1.82, 2.24) is 15.0 Å². The second-order valence-corrected chi connectivity index (χ2v) is 13.3. The topological polar surface area (TPSA) is 68.9 Å². The zero-order chi connectivity index (χ0) is 32.1. The number of alkyl halides is 6. The molecule has 0 radical (unpaired) electrons. The molecule has 2 saturated carbocycles. The lowest BCUT2D eigenvalue weighted by molar-refractivity contribution is -0.143. The number of anilines is 2. The van der Waals surface area contributed by atoms with Crippen LogP contribution in [0.1, 0.15) is 85.0 Å². The summed E-state index contributed by atoms with van der Waals surface area (Å²) in [4.78, 5) is 17.7. The molecule has 2 heterocycles. The van der Waals surface area contributed by atoms with E-state index in [0.29, 0.717) is 11.8 Å². The molecule has 0 bridgehead atoms. The van der Waals surface area contributed by atoms with E-state index < -0.39 is 23.5 Å². The zero-order valence-electron chi connectivity index (χ0n) is 25.1. The fraction of sp³-hybridized carbons (Fsp3) is 0.515. The zero-order valence-corrected chi connectivity index (χ0v) is 25.1. The SMILES string of the molecule is CC1(C)CCc2cc(CN(Cc3cc(C(F)(F)F)cc(C(F)(F)F)c3)c3ncc(C#N)cn3)c(N(CC3CC3)CC3CC3)nc21. The Morgan fingerprint density at radius 3 is 1.93 bits per heavy atom. The Hall–Kier alpha value is -3.88. The third kappa shape index (κ3) is 7.18. The number of aryl methyl sites for hydroxylation is 1. The van der Waals surface area contributed by atoms with Crippen molar-refractivity contribution in [2.45, 2.75) is 83.2 Å². The third-order valence-electron chi connectivity index (χ3n) is 8.90. The average molecular weight is 629 g/mol. The molecule has 0 spiro atoms. The number of rotatable bonds is 10. The van der Waals surface area contributed by atoms with Gasteiger partial charge in [-0.15, -0.1) is 0 Å². The number of benzene rings is 1. The maximum Gasteiger partial charge on any atom is 0.416 e. The van der Waals surface area contributed by atoms with Gasteiger partial charge in [0.05, 0.1) is 34.8 Å². The molecule has 238 valence electrons. The van der Waals surface area contributed by atoms with E-state index in [1.165, 1.54) is 12.4 Å². The molecule has 6 rings (SSSR count). The van der Waals surface area contributed by atoms with Crippen molar-refractivity contribution in [2.24, 2.45) is 11.8 Å². The maximum atomic E-state index is 13.7. The lowest BCUT2D eigenvalue weighted by atomic mass is 9.90. The first-order chi connectivity index (χ1) is 21.2. The summed E-state index contributed by atoms with van der Waals surface area (Å²) in [5.41, 5.74) is 0.0700. The number of fused-ring (bicyclic) bond motifs is 1. The van der Waals surface area contributed by atoms with Gasteiger partial charge < -0.3 is 9.80 Å². The minimum Gasteiger partial charge on any atom is -0.356 e. The van der Waals surface area contributed by atoms with E-state index >= 15 is 0 Å². The summed E-state index contributed by atoms with van der Waals surface area (Å²) < 4.78 is 82.4. The van der Waals surface area contributed by atoms with Crippen molar-refractivity contribution in [3.8, 4) is 6.07 Å².